The average Bonchev–Trinajstić information content (AvgIpc) is 1.81. The van der Waals surface area contributed by atoms with Gasteiger partial charge >= 0.3 is 69.8 Å². The van der Waals surface area contributed by atoms with Crippen LogP contribution in [0.4, 0.5) is 0 Å². The molecule has 0 aromatic heterocycles. The molecule has 54 valence electrons. The number of hydrogen-bond donors (Lipinski definition) is 2. The van der Waals surface area contributed by atoms with Gasteiger partial charge in [0.1, 0.15) is 0 Å². The Hall–Kier alpha value is -0.532. The summed E-state index contributed by atoms with van der Waals surface area (Å²) in [5.74, 6) is -0.507. The van der Waals surface area contributed by atoms with E-state index in [-0.39, 0.29) is 0 Å². The number of amides is 1. The maximum atomic E-state index is 10.5. The van der Waals surface area contributed by atoms with Crippen LogP contribution in [0.25, 0.3) is 0 Å². The first-order chi connectivity index (χ1) is 4.59. The van der Waals surface area contributed by atoms with E-state index in [0.29, 0.717) is 9.59 Å². The Balaban J connectivity index is 4.58. The zero-order valence-electron chi connectivity index (χ0n) is 5.33. The van der Waals surface area contributed by atoms with Crippen molar-refractivity contribution in [2.24, 2.45) is 11.5 Å². The Bertz CT molecular complexity index is 192. The molecule has 0 aromatic rings. The predicted molar refractivity (Wildman–Crippen MR) is 36.7 cm³/mol. The third kappa shape index (κ3) is 2.85. The summed E-state index contributed by atoms with van der Waals surface area (Å²) in [6.07, 6.45) is 2.99. The molecule has 0 fully saturated rings. The molecule has 4 N–H and O–H groups in total. The second-order valence-electron chi connectivity index (χ2n) is 1.54. The molecule has 0 saturated carbocycles. The second kappa shape index (κ2) is 4.31. The van der Waals surface area contributed by atoms with Gasteiger partial charge < -0.3 is 0 Å². The average molecular weight is 308 g/mol. The van der Waals surface area contributed by atoms with E-state index in [4.69, 9.17) is 11.5 Å². The molecule has 3 nitrogen and oxygen atoms in total. The molecule has 0 rings (SSSR count). The summed E-state index contributed by atoms with van der Waals surface area (Å²) in [5, 5.41) is 0. The van der Waals surface area contributed by atoms with Crippen LogP contribution >= 0.6 is 0 Å². The van der Waals surface area contributed by atoms with Crippen molar-refractivity contribution >= 4 is 9.93 Å². The zero-order valence-corrected chi connectivity index (χ0v) is 8.27. The van der Waals surface area contributed by atoms with Crippen LogP contribution in [0.2, 0.25) is 0 Å². The van der Waals surface area contributed by atoms with Crippen LogP contribution in [0.3, 0.4) is 0 Å². The fraction of sp³-hybridized carbons (Fsp3) is 0. The van der Waals surface area contributed by atoms with Crippen LogP contribution in [0.1, 0.15) is 0 Å². The van der Waals surface area contributed by atoms with Gasteiger partial charge in [-0.05, 0) is 0 Å². The molecule has 0 aliphatic carbocycles. The van der Waals surface area contributed by atoms with Gasteiger partial charge in [0.05, 0.1) is 0 Å². The van der Waals surface area contributed by atoms with Gasteiger partial charge in [-0.2, -0.15) is 0 Å². The summed E-state index contributed by atoms with van der Waals surface area (Å²) in [4.78, 5) is 10.5. The van der Waals surface area contributed by atoms with Gasteiger partial charge in [0, 0.05) is 0 Å². The Morgan fingerprint density at radius 2 is 2.00 bits per heavy atom. The van der Waals surface area contributed by atoms with Gasteiger partial charge in [-0.3, -0.25) is 0 Å². The topological polar surface area (TPSA) is 69.1 Å². The summed E-state index contributed by atoms with van der Waals surface area (Å²) in [6.45, 7) is 3.42. The Morgan fingerprint density at radius 3 is 2.10 bits per heavy atom. The van der Waals surface area contributed by atoms with Crippen molar-refractivity contribution < 1.29 is 24.1 Å². The molecular weight excluding hydrogens is 300 g/mol. The standard InChI is InChI=1S/C6H8N2O.W/c1-2-3-5(4-7)6(8)9;/h2-3H,1,7H2,(H2,8,9);/b5-3+;. The van der Waals surface area contributed by atoms with Crippen molar-refractivity contribution in [1.82, 2.24) is 0 Å². The molecule has 0 atom stereocenters. The Labute approximate surface area is 70.2 Å². The quantitative estimate of drug-likeness (QED) is 0.530. The van der Waals surface area contributed by atoms with Gasteiger partial charge in [0.2, 0.25) is 0 Å². The number of carbonyl (C=O) groups is 1. The molecule has 0 spiro atoms. The molecule has 10 heavy (non-hydrogen) atoms. The van der Waals surface area contributed by atoms with Crippen molar-refractivity contribution in [1.29, 1.82) is 0 Å². The van der Waals surface area contributed by atoms with Gasteiger partial charge in [0.25, 0.3) is 0 Å². The van der Waals surface area contributed by atoms with E-state index in [0.717, 1.165) is 19.4 Å². The first-order valence-corrected chi connectivity index (χ1v) is 3.98. The van der Waals surface area contributed by atoms with E-state index >= 15 is 0 Å². The molecule has 4 heteroatoms. The van der Waals surface area contributed by atoms with Gasteiger partial charge in [0.15, 0.2) is 0 Å². The number of primary amides is 1. The van der Waals surface area contributed by atoms with Crippen LogP contribution in [0.15, 0.2) is 24.3 Å². The molecule has 0 aromatic carbocycles. The minimum absolute atomic E-state index is 0.352. The van der Waals surface area contributed by atoms with Gasteiger partial charge in [-0.25, -0.2) is 0 Å². The van der Waals surface area contributed by atoms with E-state index in [1.807, 2.05) is 0 Å². The van der Waals surface area contributed by atoms with E-state index in [1.165, 1.54) is 12.2 Å². The monoisotopic (exact) mass is 308 g/mol. The van der Waals surface area contributed by atoms with Crippen molar-refractivity contribution in [3.8, 4) is 0 Å². The van der Waals surface area contributed by atoms with E-state index in [1.54, 1.807) is 0 Å². The third-order valence-corrected chi connectivity index (χ3v) is 1.61. The third-order valence-electron chi connectivity index (χ3n) is 0.815. The SMILES string of the molecule is C=C/C=C(/C(N)=O)[C](N)=[W]. The molecule has 0 heterocycles. The number of allylic oxidation sites excluding steroid dienone is 2. The fourth-order valence-corrected chi connectivity index (χ4v) is 1.01. The van der Waals surface area contributed by atoms with Crippen LogP contribution in [-0.4, -0.2) is 9.93 Å². The predicted octanol–water partition coefficient (Wildman–Crippen LogP) is -0.780. The van der Waals surface area contributed by atoms with Crippen LogP contribution in [-0.2, 0) is 24.1 Å². The molecule has 0 aliphatic heterocycles. The summed E-state index contributed by atoms with van der Waals surface area (Å²) >= 11 is 1.03. The number of nitrogens with two attached hydrogens (primary N) is 2. The second-order valence-corrected chi connectivity index (χ2v) is 3.12. The summed E-state index contributed by atoms with van der Waals surface area (Å²) < 4.78 is 0.493. The van der Waals surface area contributed by atoms with E-state index < -0.39 is 5.91 Å². The molecule has 0 saturated heterocycles. The fourth-order valence-electron chi connectivity index (χ4n) is 0.404. The molecule has 0 unspecified atom stereocenters. The van der Waals surface area contributed by atoms with Crippen molar-refractivity contribution in [3.63, 3.8) is 0 Å². The summed E-state index contributed by atoms with van der Waals surface area (Å²) in [6, 6.07) is 0. The normalized spacial score (nSPS) is 10.7. The van der Waals surface area contributed by atoms with E-state index in [2.05, 4.69) is 6.58 Å². The van der Waals surface area contributed by atoms with Crippen molar-refractivity contribution in [3.05, 3.63) is 24.3 Å². The van der Waals surface area contributed by atoms with Gasteiger partial charge in [-0.15, -0.1) is 0 Å². The Kier molecular flexibility index (Phi) is 4.08. The van der Waals surface area contributed by atoms with Crippen LogP contribution in [0.5, 0.6) is 0 Å². The van der Waals surface area contributed by atoms with Gasteiger partial charge in [-0.1, -0.05) is 0 Å². The molecule has 0 aliphatic rings. The minimum atomic E-state index is -0.507. The van der Waals surface area contributed by atoms with E-state index in [9.17, 15) is 4.79 Å². The zero-order chi connectivity index (χ0) is 8.15. The number of hydrogen-bond acceptors (Lipinski definition) is 2. The summed E-state index contributed by atoms with van der Waals surface area (Å²) in [5.41, 5.74) is 10.7. The number of carbonyl (C=O) groups excluding carboxylic acids is 1. The van der Waals surface area contributed by atoms with Crippen molar-refractivity contribution in [2.75, 3.05) is 0 Å². The Morgan fingerprint density at radius 1 is 1.50 bits per heavy atom. The first-order valence-electron chi connectivity index (χ1n) is 2.52. The summed E-state index contributed by atoms with van der Waals surface area (Å²) in [7, 11) is 0. The molecule has 0 bridgehead atoms. The molecule has 0 radical (unpaired) electrons. The van der Waals surface area contributed by atoms with Crippen LogP contribution < -0.4 is 11.5 Å². The van der Waals surface area contributed by atoms with Crippen LogP contribution in [0, 0.1) is 0 Å². The molecule has 1 amide bonds. The van der Waals surface area contributed by atoms with Crippen molar-refractivity contribution in [2.45, 2.75) is 0 Å². The maximum absolute atomic E-state index is 10.5. The first kappa shape index (κ1) is 9.47. The molecular formula is C6H8N2OW. The number of rotatable bonds is 3.